The van der Waals surface area contributed by atoms with Crippen molar-refractivity contribution in [2.75, 3.05) is 11.9 Å². The van der Waals surface area contributed by atoms with Crippen molar-refractivity contribution >= 4 is 23.0 Å². The lowest BCUT2D eigenvalue weighted by atomic mass is 10.1. The first-order valence-electron chi connectivity index (χ1n) is 6.21. The number of ether oxygens (including phenoxy) is 1. The SMILES string of the molecule is O=[N+]([O-])c1cc(NC2COc3cc(O)ccc32)ccc1Cl. The van der Waals surface area contributed by atoms with Gasteiger partial charge in [-0.3, -0.25) is 10.1 Å². The molecule has 0 fully saturated rings. The Labute approximate surface area is 125 Å². The van der Waals surface area contributed by atoms with Crippen molar-refractivity contribution in [2.24, 2.45) is 0 Å². The van der Waals surface area contributed by atoms with E-state index in [1.165, 1.54) is 12.1 Å². The van der Waals surface area contributed by atoms with Crippen LogP contribution < -0.4 is 10.1 Å². The molecule has 0 aromatic heterocycles. The summed E-state index contributed by atoms with van der Waals surface area (Å²) >= 11 is 5.78. The van der Waals surface area contributed by atoms with Crippen molar-refractivity contribution in [1.82, 2.24) is 0 Å². The number of rotatable bonds is 3. The first kappa shape index (κ1) is 13.5. The van der Waals surface area contributed by atoms with Crippen molar-refractivity contribution in [3.8, 4) is 11.5 Å². The molecule has 6 nitrogen and oxygen atoms in total. The first-order chi connectivity index (χ1) is 10.0. The Hall–Kier alpha value is -2.47. The van der Waals surface area contributed by atoms with Gasteiger partial charge < -0.3 is 15.2 Å². The second-order valence-electron chi connectivity index (χ2n) is 4.65. The largest absolute Gasteiger partial charge is 0.508 e. The third-order valence-electron chi connectivity index (χ3n) is 3.26. The highest BCUT2D eigenvalue weighted by atomic mass is 35.5. The normalized spacial score (nSPS) is 16.1. The van der Waals surface area contributed by atoms with E-state index in [4.69, 9.17) is 16.3 Å². The number of nitrogens with one attached hydrogen (secondary N) is 1. The van der Waals surface area contributed by atoms with Crippen molar-refractivity contribution in [3.63, 3.8) is 0 Å². The van der Waals surface area contributed by atoms with Crippen molar-refractivity contribution in [1.29, 1.82) is 0 Å². The fraction of sp³-hybridized carbons (Fsp3) is 0.143. The number of fused-ring (bicyclic) bond motifs is 1. The second kappa shape index (κ2) is 5.14. The van der Waals surface area contributed by atoms with Gasteiger partial charge >= 0.3 is 0 Å². The molecule has 3 rings (SSSR count). The zero-order chi connectivity index (χ0) is 15.0. The van der Waals surface area contributed by atoms with Gasteiger partial charge in [0.15, 0.2) is 0 Å². The molecule has 2 N–H and O–H groups in total. The minimum Gasteiger partial charge on any atom is -0.508 e. The molecule has 21 heavy (non-hydrogen) atoms. The van der Waals surface area contributed by atoms with Gasteiger partial charge in [0.2, 0.25) is 0 Å². The Morgan fingerprint density at radius 2 is 2.14 bits per heavy atom. The summed E-state index contributed by atoms with van der Waals surface area (Å²) in [5.41, 5.74) is 1.33. The predicted molar refractivity (Wildman–Crippen MR) is 78.1 cm³/mol. The van der Waals surface area contributed by atoms with Gasteiger partial charge in [0.1, 0.15) is 23.1 Å². The Morgan fingerprint density at radius 3 is 2.90 bits per heavy atom. The van der Waals surface area contributed by atoms with E-state index in [1.807, 2.05) is 0 Å². The van der Waals surface area contributed by atoms with Crippen LogP contribution >= 0.6 is 11.6 Å². The number of anilines is 1. The molecule has 1 aliphatic heterocycles. The van der Waals surface area contributed by atoms with Crippen molar-refractivity contribution in [3.05, 3.63) is 57.1 Å². The van der Waals surface area contributed by atoms with Gasteiger partial charge in [0.25, 0.3) is 5.69 Å². The third kappa shape index (κ3) is 2.57. The van der Waals surface area contributed by atoms with Gasteiger partial charge in [-0.15, -0.1) is 0 Å². The van der Waals surface area contributed by atoms with E-state index in [0.29, 0.717) is 18.0 Å². The zero-order valence-electron chi connectivity index (χ0n) is 10.7. The van der Waals surface area contributed by atoms with Gasteiger partial charge in [-0.1, -0.05) is 11.6 Å². The highest BCUT2D eigenvalue weighted by molar-refractivity contribution is 6.32. The molecule has 0 saturated heterocycles. The molecule has 0 spiro atoms. The molecule has 0 aliphatic carbocycles. The van der Waals surface area contributed by atoms with Gasteiger partial charge in [0.05, 0.1) is 11.0 Å². The molecule has 0 saturated carbocycles. The van der Waals surface area contributed by atoms with Gasteiger partial charge in [-0.2, -0.15) is 0 Å². The minimum absolute atomic E-state index is 0.0959. The second-order valence-corrected chi connectivity index (χ2v) is 5.06. The maximum Gasteiger partial charge on any atom is 0.289 e. The van der Waals surface area contributed by atoms with Crippen LogP contribution in [0, 0.1) is 10.1 Å². The fourth-order valence-corrected chi connectivity index (χ4v) is 2.45. The predicted octanol–water partition coefficient (Wildman–Crippen LogP) is 3.50. The van der Waals surface area contributed by atoms with Crippen LogP contribution in [0.1, 0.15) is 11.6 Å². The Morgan fingerprint density at radius 1 is 1.33 bits per heavy atom. The summed E-state index contributed by atoms with van der Waals surface area (Å²) in [5.74, 6) is 0.743. The first-order valence-corrected chi connectivity index (χ1v) is 6.58. The Kier molecular flexibility index (Phi) is 3.31. The molecule has 1 aliphatic rings. The number of benzene rings is 2. The summed E-state index contributed by atoms with van der Waals surface area (Å²) in [5, 5.41) is 23.6. The number of nitrogens with zero attached hydrogens (tertiary/aromatic N) is 1. The van der Waals surface area contributed by atoms with Gasteiger partial charge in [-0.25, -0.2) is 0 Å². The van der Waals surface area contributed by atoms with E-state index in [2.05, 4.69) is 5.32 Å². The maximum absolute atomic E-state index is 10.9. The number of phenolic OH excluding ortho intramolecular Hbond substituents is 1. The summed E-state index contributed by atoms with van der Waals surface area (Å²) in [6.07, 6.45) is 0. The fourth-order valence-electron chi connectivity index (χ4n) is 2.26. The molecule has 0 bridgehead atoms. The molecule has 108 valence electrons. The molecule has 7 heteroatoms. The van der Waals surface area contributed by atoms with Crippen LogP contribution in [-0.2, 0) is 0 Å². The molecule has 1 unspecified atom stereocenters. The topological polar surface area (TPSA) is 84.6 Å². The van der Waals surface area contributed by atoms with Crippen LogP contribution in [0.5, 0.6) is 11.5 Å². The average molecular weight is 307 g/mol. The van der Waals surface area contributed by atoms with Crippen LogP contribution in [0.4, 0.5) is 11.4 Å². The van der Waals surface area contributed by atoms with E-state index in [0.717, 1.165) is 5.56 Å². The monoisotopic (exact) mass is 306 g/mol. The summed E-state index contributed by atoms with van der Waals surface area (Å²) < 4.78 is 5.48. The number of hydrogen-bond acceptors (Lipinski definition) is 5. The third-order valence-corrected chi connectivity index (χ3v) is 3.58. The summed E-state index contributed by atoms with van der Waals surface area (Å²) in [6.45, 7) is 0.384. The molecular formula is C14H11ClN2O4. The van der Waals surface area contributed by atoms with Crippen LogP contribution in [0.3, 0.4) is 0 Å². The molecule has 1 atom stereocenters. The Bertz CT molecular complexity index is 720. The highest BCUT2D eigenvalue weighted by Gasteiger charge is 2.25. The average Bonchev–Trinajstić information content (AvgIpc) is 2.83. The van der Waals surface area contributed by atoms with Gasteiger partial charge in [-0.05, 0) is 24.3 Å². The smallest absolute Gasteiger partial charge is 0.289 e. The number of aromatic hydroxyl groups is 1. The quantitative estimate of drug-likeness (QED) is 0.669. The zero-order valence-corrected chi connectivity index (χ0v) is 11.5. The lowest BCUT2D eigenvalue weighted by molar-refractivity contribution is -0.384. The van der Waals surface area contributed by atoms with Crippen LogP contribution in [0.15, 0.2) is 36.4 Å². The van der Waals surface area contributed by atoms with E-state index < -0.39 is 4.92 Å². The summed E-state index contributed by atoms with van der Waals surface area (Å²) in [4.78, 5) is 10.4. The maximum atomic E-state index is 10.9. The van der Waals surface area contributed by atoms with E-state index in [-0.39, 0.29) is 22.5 Å². The number of nitro benzene ring substituents is 1. The summed E-state index contributed by atoms with van der Waals surface area (Å²) in [7, 11) is 0. The molecule has 0 amide bonds. The summed E-state index contributed by atoms with van der Waals surface area (Å²) in [6, 6.07) is 9.29. The molecule has 2 aromatic rings. The van der Waals surface area contributed by atoms with Crippen LogP contribution in [0.25, 0.3) is 0 Å². The minimum atomic E-state index is -0.523. The van der Waals surface area contributed by atoms with Crippen LogP contribution in [0.2, 0.25) is 5.02 Å². The Balaban J connectivity index is 1.86. The van der Waals surface area contributed by atoms with E-state index in [9.17, 15) is 15.2 Å². The number of hydrogen-bond donors (Lipinski definition) is 2. The van der Waals surface area contributed by atoms with E-state index in [1.54, 1.807) is 24.3 Å². The molecule has 2 aromatic carbocycles. The number of phenols is 1. The molecule has 1 heterocycles. The molecular weight excluding hydrogens is 296 g/mol. The van der Waals surface area contributed by atoms with Crippen molar-refractivity contribution < 1.29 is 14.8 Å². The van der Waals surface area contributed by atoms with Crippen molar-refractivity contribution in [2.45, 2.75) is 6.04 Å². The standard InChI is InChI=1S/C14H11ClN2O4/c15-11-4-1-8(5-13(11)17(19)20)16-12-7-21-14-6-9(18)2-3-10(12)14/h1-6,12,16,18H,7H2. The lowest BCUT2D eigenvalue weighted by Crippen LogP contribution is -2.12. The number of halogens is 1. The van der Waals surface area contributed by atoms with Crippen LogP contribution in [-0.4, -0.2) is 16.6 Å². The lowest BCUT2D eigenvalue weighted by Gasteiger charge is -2.13. The van der Waals surface area contributed by atoms with Gasteiger partial charge in [0, 0.05) is 23.4 Å². The number of nitro groups is 1. The highest BCUT2D eigenvalue weighted by Crippen LogP contribution is 2.37. The van der Waals surface area contributed by atoms with E-state index >= 15 is 0 Å². The molecule has 0 radical (unpaired) electrons.